The van der Waals surface area contributed by atoms with Gasteiger partial charge in [0.05, 0.1) is 12.6 Å². The maximum absolute atomic E-state index is 9.10. The van der Waals surface area contributed by atoms with Crippen molar-refractivity contribution in [2.45, 2.75) is 52.3 Å². The lowest BCUT2D eigenvalue weighted by molar-refractivity contribution is 0.181. The third-order valence-electron chi connectivity index (χ3n) is 2.39. The van der Waals surface area contributed by atoms with Gasteiger partial charge in [-0.3, -0.25) is 0 Å². The van der Waals surface area contributed by atoms with E-state index in [2.05, 4.69) is 22.3 Å². The predicted molar refractivity (Wildman–Crippen MR) is 62.9 cm³/mol. The van der Waals surface area contributed by atoms with Gasteiger partial charge in [0, 0.05) is 6.54 Å². The fourth-order valence-corrected chi connectivity index (χ4v) is 1.55. The molecule has 0 aliphatic heterocycles. The van der Waals surface area contributed by atoms with E-state index in [1.165, 1.54) is 0 Å². The van der Waals surface area contributed by atoms with Crippen LogP contribution in [0.25, 0.3) is 0 Å². The molecule has 1 heterocycles. The first-order chi connectivity index (χ1) is 7.74. The number of nitrogens with zero attached hydrogens (tertiary/aromatic N) is 3. The minimum Gasteiger partial charge on any atom is -0.393 e. The molecule has 0 aliphatic rings. The molecule has 1 atom stereocenters. The molecule has 0 aliphatic carbocycles. The standard InChI is InChI=1S/C11H22N4O/c1-3-7-15-11(13-9-14-15)8-12-6-4-5-10(2)16/h9-10,12,16H,3-8H2,1-2H3. The van der Waals surface area contributed by atoms with Gasteiger partial charge in [-0.1, -0.05) is 6.92 Å². The van der Waals surface area contributed by atoms with Crippen molar-refractivity contribution in [1.29, 1.82) is 0 Å². The van der Waals surface area contributed by atoms with Crippen LogP contribution in [-0.2, 0) is 13.1 Å². The lowest BCUT2D eigenvalue weighted by Gasteiger charge is -2.07. The van der Waals surface area contributed by atoms with Gasteiger partial charge in [-0.05, 0) is 32.7 Å². The van der Waals surface area contributed by atoms with E-state index in [0.29, 0.717) is 0 Å². The lowest BCUT2D eigenvalue weighted by atomic mass is 10.2. The summed E-state index contributed by atoms with van der Waals surface area (Å²) >= 11 is 0. The van der Waals surface area contributed by atoms with Crippen LogP contribution in [-0.4, -0.2) is 32.5 Å². The van der Waals surface area contributed by atoms with Gasteiger partial charge < -0.3 is 10.4 Å². The molecule has 0 fully saturated rings. The minimum atomic E-state index is -0.203. The number of aromatic nitrogens is 3. The monoisotopic (exact) mass is 226 g/mol. The Morgan fingerprint density at radius 1 is 1.56 bits per heavy atom. The van der Waals surface area contributed by atoms with E-state index in [0.717, 1.165) is 44.7 Å². The summed E-state index contributed by atoms with van der Waals surface area (Å²) in [5.74, 6) is 0.985. The molecule has 0 spiro atoms. The Bertz CT molecular complexity index is 285. The van der Waals surface area contributed by atoms with Crippen LogP contribution >= 0.6 is 0 Å². The van der Waals surface area contributed by atoms with Crippen LogP contribution in [0.5, 0.6) is 0 Å². The van der Waals surface area contributed by atoms with Crippen LogP contribution in [0.3, 0.4) is 0 Å². The quantitative estimate of drug-likeness (QED) is 0.648. The highest BCUT2D eigenvalue weighted by Crippen LogP contribution is 1.97. The van der Waals surface area contributed by atoms with Crippen LogP contribution in [0.4, 0.5) is 0 Å². The highest BCUT2D eigenvalue weighted by molar-refractivity contribution is 4.83. The molecule has 0 amide bonds. The zero-order chi connectivity index (χ0) is 11.8. The molecule has 0 aromatic carbocycles. The van der Waals surface area contributed by atoms with Crippen LogP contribution in [0.2, 0.25) is 0 Å². The summed E-state index contributed by atoms with van der Waals surface area (Å²) in [5, 5.41) is 16.6. The molecule has 16 heavy (non-hydrogen) atoms. The Hall–Kier alpha value is -0.940. The largest absolute Gasteiger partial charge is 0.393 e. The molecule has 1 unspecified atom stereocenters. The molecular formula is C11H22N4O. The third-order valence-corrected chi connectivity index (χ3v) is 2.39. The second kappa shape index (κ2) is 7.35. The molecule has 92 valence electrons. The molecule has 5 heteroatoms. The second-order valence-corrected chi connectivity index (χ2v) is 4.07. The zero-order valence-corrected chi connectivity index (χ0v) is 10.2. The van der Waals surface area contributed by atoms with Crippen molar-refractivity contribution in [3.05, 3.63) is 12.2 Å². The van der Waals surface area contributed by atoms with Gasteiger partial charge >= 0.3 is 0 Å². The van der Waals surface area contributed by atoms with E-state index in [9.17, 15) is 0 Å². The number of hydrogen-bond acceptors (Lipinski definition) is 4. The predicted octanol–water partition coefficient (Wildman–Crippen LogP) is 0.939. The summed E-state index contributed by atoms with van der Waals surface area (Å²) in [6, 6.07) is 0. The summed E-state index contributed by atoms with van der Waals surface area (Å²) in [7, 11) is 0. The molecule has 5 nitrogen and oxygen atoms in total. The fraction of sp³-hybridized carbons (Fsp3) is 0.818. The zero-order valence-electron chi connectivity index (χ0n) is 10.2. The van der Waals surface area contributed by atoms with E-state index < -0.39 is 0 Å². The summed E-state index contributed by atoms with van der Waals surface area (Å²) in [5.41, 5.74) is 0. The van der Waals surface area contributed by atoms with Crippen molar-refractivity contribution in [2.24, 2.45) is 0 Å². The summed E-state index contributed by atoms with van der Waals surface area (Å²) < 4.78 is 1.93. The highest BCUT2D eigenvalue weighted by Gasteiger charge is 2.02. The molecule has 1 rings (SSSR count). The Balaban J connectivity index is 2.18. The minimum absolute atomic E-state index is 0.203. The van der Waals surface area contributed by atoms with Gasteiger partial charge in [0.2, 0.25) is 0 Å². The summed E-state index contributed by atoms with van der Waals surface area (Å²) in [6.07, 6.45) is 4.29. The van der Waals surface area contributed by atoms with Crippen molar-refractivity contribution in [2.75, 3.05) is 6.54 Å². The Morgan fingerprint density at radius 3 is 3.06 bits per heavy atom. The van der Waals surface area contributed by atoms with Crippen LogP contribution in [0.15, 0.2) is 6.33 Å². The topological polar surface area (TPSA) is 63.0 Å². The Kier molecular flexibility index (Phi) is 6.03. The van der Waals surface area contributed by atoms with E-state index in [1.807, 2.05) is 11.6 Å². The maximum atomic E-state index is 9.10. The Morgan fingerprint density at radius 2 is 2.38 bits per heavy atom. The molecule has 2 N–H and O–H groups in total. The number of rotatable bonds is 8. The van der Waals surface area contributed by atoms with Gasteiger partial charge in [-0.25, -0.2) is 9.67 Å². The maximum Gasteiger partial charge on any atom is 0.140 e. The molecule has 0 radical (unpaired) electrons. The third kappa shape index (κ3) is 4.72. The van der Waals surface area contributed by atoms with Gasteiger partial charge in [0.1, 0.15) is 12.2 Å². The average Bonchev–Trinajstić information content (AvgIpc) is 2.65. The van der Waals surface area contributed by atoms with Gasteiger partial charge in [0.15, 0.2) is 0 Å². The summed E-state index contributed by atoms with van der Waals surface area (Å²) in [6.45, 7) is 6.52. The first-order valence-corrected chi connectivity index (χ1v) is 5.99. The first-order valence-electron chi connectivity index (χ1n) is 5.99. The lowest BCUT2D eigenvalue weighted by Crippen LogP contribution is -2.19. The smallest absolute Gasteiger partial charge is 0.140 e. The number of aliphatic hydroxyl groups excluding tert-OH is 1. The van der Waals surface area contributed by atoms with E-state index in [4.69, 9.17) is 5.11 Å². The Labute approximate surface area is 96.9 Å². The van der Waals surface area contributed by atoms with Crippen LogP contribution in [0.1, 0.15) is 38.9 Å². The number of hydrogen-bond donors (Lipinski definition) is 2. The molecule has 1 aromatic rings. The van der Waals surface area contributed by atoms with Gasteiger partial charge in [-0.2, -0.15) is 5.10 Å². The number of nitrogens with one attached hydrogen (secondary N) is 1. The van der Waals surface area contributed by atoms with Crippen LogP contribution < -0.4 is 5.32 Å². The van der Waals surface area contributed by atoms with Crippen molar-refractivity contribution < 1.29 is 5.11 Å². The highest BCUT2D eigenvalue weighted by atomic mass is 16.3. The van der Waals surface area contributed by atoms with Gasteiger partial charge in [0.25, 0.3) is 0 Å². The van der Waals surface area contributed by atoms with E-state index in [-0.39, 0.29) is 6.10 Å². The molecule has 0 saturated carbocycles. The van der Waals surface area contributed by atoms with Crippen LogP contribution in [0, 0.1) is 0 Å². The van der Waals surface area contributed by atoms with Gasteiger partial charge in [-0.15, -0.1) is 0 Å². The summed E-state index contributed by atoms with van der Waals surface area (Å²) in [4.78, 5) is 4.21. The van der Waals surface area contributed by atoms with Crippen molar-refractivity contribution in [3.63, 3.8) is 0 Å². The van der Waals surface area contributed by atoms with Crippen molar-refractivity contribution >= 4 is 0 Å². The second-order valence-electron chi connectivity index (χ2n) is 4.07. The average molecular weight is 226 g/mol. The first kappa shape index (κ1) is 13.1. The molecule has 0 saturated heterocycles. The van der Waals surface area contributed by atoms with Crippen molar-refractivity contribution in [1.82, 2.24) is 20.1 Å². The fourth-order valence-electron chi connectivity index (χ4n) is 1.55. The number of aryl methyl sites for hydroxylation is 1. The van der Waals surface area contributed by atoms with Crippen molar-refractivity contribution in [3.8, 4) is 0 Å². The van der Waals surface area contributed by atoms with E-state index in [1.54, 1.807) is 6.33 Å². The normalized spacial score (nSPS) is 12.9. The van der Waals surface area contributed by atoms with E-state index >= 15 is 0 Å². The SMILES string of the molecule is CCCn1ncnc1CNCCCC(C)O. The number of aliphatic hydroxyl groups is 1. The molecule has 0 bridgehead atoms. The molecular weight excluding hydrogens is 204 g/mol. The molecule has 1 aromatic heterocycles.